The maximum atomic E-state index is 12.6. The molecule has 1 heterocycles. The van der Waals surface area contributed by atoms with E-state index in [1.54, 1.807) is 0 Å². The molecule has 4 rings (SSSR count). The van der Waals surface area contributed by atoms with Crippen LogP contribution in [0.25, 0.3) is 0 Å². The van der Waals surface area contributed by atoms with Crippen molar-refractivity contribution in [3.63, 3.8) is 0 Å². The van der Waals surface area contributed by atoms with E-state index in [1.807, 2.05) is 0 Å². The van der Waals surface area contributed by atoms with Gasteiger partial charge < -0.3 is 10.2 Å². The Morgan fingerprint density at radius 3 is 2.42 bits per heavy atom. The molecule has 1 amide bonds. The number of nitrogens with zero attached hydrogens (tertiary/aromatic N) is 2. The second kappa shape index (κ2) is 9.40. The number of halogens is 3. The standard InChI is InChI=1S/C24H28F3N3O/c25-24(26,27)19-8-10-20(11-9-19)28-23(31)6-3-13-29-14-16-30(17-15-29)22-12-7-18-4-1-2-5-21(18)22/h1-2,4-5,8-11,22H,3,6-7,12-17H2,(H,28,31). The Labute approximate surface area is 181 Å². The van der Waals surface area contributed by atoms with Crippen LogP contribution in [-0.2, 0) is 17.4 Å². The third-order valence-electron chi connectivity index (χ3n) is 6.32. The van der Waals surface area contributed by atoms with E-state index in [-0.39, 0.29) is 5.91 Å². The van der Waals surface area contributed by atoms with Gasteiger partial charge >= 0.3 is 6.18 Å². The summed E-state index contributed by atoms with van der Waals surface area (Å²) in [4.78, 5) is 17.1. The molecule has 31 heavy (non-hydrogen) atoms. The molecule has 1 N–H and O–H groups in total. The fraction of sp³-hybridized carbons (Fsp3) is 0.458. The number of hydrogen-bond acceptors (Lipinski definition) is 3. The smallest absolute Gasteiger partial charge is 0.326 e. The van der Waals surface area contributed by atoms with E-state index in [9.17, 15) is 18.0 Å². The van der Waals surface area contributed by atoms with Gasteiger partial charge in [-0.1, -0.05) is 24.3 Å². The summed E-state index contributed by atoms with van der Waals surface area (Å²) in [5.41, 5.74) is 2.64. The first kappa shape index (κ1) is 21.8. The minimum absolute atomic E-state index is 0.166. The van der Waals surface area contributed by atoms with Crippen molar-refractivity contribution in [2.75, 3.05) is 38.0 Å². The molecule has 2 aromatic carbocycles. The second-order valence-electron chi connectivity index (χ2n) is 8.36. The lowest BCUT2D eigenvalue weighted by Crippen LogP contribution is -2.47. The number of nitrogens with one attached hydrogen (secondary N) is 1. The van der Waals surface area contributed by atoms with E-state index in [0.717, 1.165) is 57.7 Å². The Bertz CT molecular complexity index is 890. The van der Waals surface area contributed by atoms with E-state index >= 15 is 0 Å². The summed E-state index contributed by atoms with van der Waals surface area (Å²) < 4.78 is 37.8. The van der Waals surface area contributed by atoms with Gasteiger partial charge in [0, 0.05) is 44.3 Å². The molecule has 1 fully saturated rings. The highest BCUT2D eigenvalue weighted by Gasteiger charge is 2.30. The lowest BCUT2D eigenvalue weighted by atomic mass is 10.1. The van der Waals surface area contributed by atoms with Crippen LogP contribution < -0.4 is 5.32 Å². The van der Waals surface area contributed by atoms with Gasteiger partial charge in [0.1, 0.15) is 0 Å². The molecule has 4 nitrogen and oxygen atoms in total. The average molecular weight is 432 g/mol. The number of aryl methyl sites for hydroxylation is 1. The zero-order valence-corrected chi connectivity index (χ0v) is 17.5. The summed E-state index contributed by atoms with van der Waals surface area (Å²) in [5.74, 6) is -0.166. The fourth-order valence-electron chi connectivity index (χ4n) is 4.64. The molecule has 1 aliphatic heterocycles. The summed E-state index contributed by atoms with van der Waals surface area (Å²) in [6.45, 7) is 4.93. The van der Waals surface area contributed by atoms with E-state index in [0.29, 0.717) is 18.2 Å². The number of rotatable bonds is 6. The Hall–Kier alpha value is -2.38. The first-order valence-electron chi connectivity index (χ1n) is 10.9. The molecular formula is C24H28F3N3O. The number of fused-ring (bicyclic) bond motifs is 1. The fourth-order valence-corrected chi connectivity index (χ4v) is 4.64. The van der Waals surface area contributed by atoms with Gasteiger partial charge in [-0.2, -0.15) is 13.2 Å². The van der Waals surface area contributed by atoms with Gasteiger partial charge in [-0.15, -0.1) is 0 Å². The van der Waals surface area contributed by atoms with Crippen molar-refractivity contribution in [2.45, 2.75) is 37.9 Å². The first-order chi connectivity index (χ1) is 14.9. The molecule has 166 valence electrons. The molecule has 7 heteroatoms. The lowest BCUT2D eigenvalue weighted by Gasteiger charge is -2.38. The molecular weight excluding hydrogens is 403 g/mol. The molecule has 2 aromatic rings. The minimum Gasteiger partial charge on any atom is -0.326 e. The third-order valence-corrected chi connectivity index (χ3v) is 6.32. The third kappa shape index (κ3) is 5.46. The minimum atomic E-state index is -4.37. The number of piperazine rings is 1. The monoisotopic (exact) mass is 431 g/mol. The molecule has 1 unspecified atom stereocenters. The van der Waals surface area contributed by atoms with Crippen molar-refractivity contribution in [2.24, 2.45) is 0 Å². The Morgan fingerprint density at radius 2 is 1.71 bits per heavy atom. The van der Waals surface area contributed by atoms with E-state index in [4.69, 9.17) is 0 Å². The van der Waals surface area contributed by atoms with Crippen LogP contribution in [0, 0.1) is 0 Å². The largest absolute Gasteiger partial charge is 0.416 e. The molecule has 0 bridgehead atoms. The van der Waals surface area contributed by atoms with E-state index in [1.165, 1.54) is 29.7 Å². The number of amides is 1. The zero-order chi connectivity index (χ0) is 21.8. The van der Waals surface area contributed by atoms with Gasteiger partial charge in [0.05, 0.1) is 5.56 Å². The highest BCUT2D eigenvalue weighted by Crippen LogP contribution is 2.36. The quantitative estimate of drug-likeness (QED) is 0.718. The van der Waals surface area contributed by atoms with Crippen LogP contribution in [0.5, 0.6) is 0 Å². The van der Waals surface area contributed by atoms with Crippen molar-refractivity contribution in [1.82, 2.24) is 9.80 Å². The summed E-state index contributed by atoms with van der Waals surface area (Å²) in [6.07, 6.45) is -0.914. The number of hydrogen-bond donors (Lipinski definition) is 1. The SMILES string of the molecule is O=C(CCCN1CCN(C2CCc3ccccc32)CC1)Nc1ccc(C(F)(F)F)cc1. The number of carbonyl (C=O) groups is 1. The van der Waals surface area contributed by atoms with Gasteiger partial charge in [-0.05, 0) is 61.2 Å². The highest BCUT2D eigenvalue weighted by molar-refractivity contribution is 5.90. The molecule has 0 saturated carbocycles. The molecule has 1 saturated heterocycles. The van der Waals surface area contributed by atoms with E-state index < -0.39 is 11.7 Å². The molecule has 2 aliphatic rings. The Balaban J connectivity index is 1.16. The van der Waals surface area contributed by atoms with Crippen LogP contribution in [0.3, 0.4) is 0 Å². The van der Waals surface area contributed by atoms with Gasteiger partial charge in [-0.25, -0.2) is 0 Å². The molecule has 0 aromatic heterocycles. The van der Waals surface area contributed by atoms with Crippen LogP contribution in [0.15, 0.2) is 48.5 Å². The van der Waals surface area contributed by atoms with Crippen molar-refractivity contribution < 1.29 is 18.0 Å². The normalized spacial score (nSPS) is 19.9. The van der Waals surface area contributed by atoms with Crippen LogP contribution in [0.4, 0.5) is 18.9 Å². The summed E-state index contributed by atoms with van der Waals surface area (Å²) in [6, 6.07) is 13.8. The maximum absolute atomic E-state index is 12.6. The number of carbonyl (C=O) groups excluding carboxylic acids is 1. The highest BCUT2D eigenvalue weighted by atomic mass is 19.4. The topological polar surface area (TPSA) is 35.6 Å². The average Bonchev–Trinajstić information content (AvgIpc) is 3.18. The first-order valence-corrected chi connectivity index (χ1v) is 10.9. The van der Waals surface area contributed by atoms with Crippen molar-refractivity contribution in [3.8, 4) is 0 Å². The molecule has 1 atom stereocenters. The summed E-state index contributed by atoms with van der Waals surface area (Å²) >= 11 is 0. The predicted molar refractivity (Wildman–Crippen MR) is 115 cm³/mol. The number of alkyl halides is 3. The summed E-state index contributed by atoms with van der Waals surface area (Å²) in [7, 11) is 0. The molecule has 0 spiro atoms. The number of benzene rings is 2. The van der Waals surface area contributed by atoms with Gasteiger partial charge in [-0.3, -0.25) is 9.69 Å². The van der Waals surface area contributed by atoms with Crippen molar-refractivity contribution in [1.29, 1.82) is 0 Å². The van der Waals surface area contributed by atoms with Gasteiger partial charge in [0.2, 0.25) is 5.91 Å². The van der Waals surface area contributed by atoms with Crippen LogP contribution in [-0.4, -0.2) is 48.4 Å². The molecule has 1 aliphatic carbocycles. The lowest BCUT2D eigenvalue weighted by molar-refractivity contribution is -0.137. The van der Waals surface area contributed by atoms with Gasteiger partial charge in [0.25, 0.3) is 0 Å². The maximum Gasteiger partial charge on any atom is 0.416 e. The van der Waals surface area contributed by atoms with Crippen LogP contribution in [0.1, 0.15) is 42.0 Å². The zero-order valence-electron chi connectivity index (χ0n) is 17.5. The second-order valence-corrected chi connectivity index (χ2v) is 8.36. The number of anilines is 1. The van der Waals surface area contributed by atoms with E-state index in [2.05, 4.69) is 39.4 Å². The van der Waals surface area contributed by atoms with Gasteiger partial charge in [0.15, 0.2) is 0 Å². The van der Waals surface area contributed by atoms with Crippen LogP contribution in [0.2, 0.25) is 0 Å². The Kier molecular flexibility index (Phi) is 6.62. The van der Waals surface area contributed by atoms with Crippen LogP contribution >= 0.6 is 0 Å². The summed E-state index contributed by atoms with van der Waals surface area (Å²) in [5, 5.41) is 2.68. The Morgan fingerprint density at radius 1 is 1.00 bits per heavy atom. The predicted octanol–water partition coefficient (Wildman–Crippen LogP) is 4.73. The van der Waals surface area contributed by atoms with Crippen molar-refractivity contribution >= 4 is 11.6 Å². The van der Waals surface area contributed by atoms with Crippen molar-refractivity contribution in [3.05, 3.63) is 65.2 Å². The molecule has 0 radical (unpaired) electrons.